The van der Waals surface area contributed by atoms with Crippen molar-refractivity contribution < 1.29 is 18.7 Å². The molecule has 126 valence electrons. The minimum Gasteiger partial charge on any atom is -0.484 e. The number of nitrogens with zero attached hydrogens (tertiary/aromatic N) is 2. The van der Waals surface area contributed by atoms with Crippen molar-refractivity contribution in [3.63, 3.8) is 0 Å². The molecule has 1 N–H and O–H groups in total. The fraction of sp³-hybridized carbons (Fsp3) is 0.467. The molecule has 1 aliphatic heterocycles. The van der Waals surface area contributed by atoms with Gasteiger partial charge in [0.2, 0.25) is 0 Å². The van der Waals surface area contributed by atoms with Crippen molar-refractivity contribution in [2.24, 2.45) is 0 Å². The number of hydrogen-bond donors (Lipinski definition) is 1. The highest BCUT2D eigenvalue weighted by molar-refractivity contribution is 6.30. The van der Waals surface area contributed by atoms with E-state index >= 15 is 0 Å². The third kappa shape index (κ3) is 4.72. The van der Waals surface area contributed by atoms with Crippen LogP contribution in [0, 0.1) is 5.82 Å². The fourth-order valence-corrected chi connectivity index (χ4v) is 2.40. The lowest BCUT2D eigenvalue weighted by Gasteiger charge is -2.34. The van der Waals surface area contributed by atoms with Crippen LogP contribution in [0.3, 0.4) is 0 Å². The average molecular weight is 344 g/mol. The van der Waals surface area contributed by atoms with Gasteiger partial charge in [0.25, 0.3) is 5.91 Å². The van der Waals surface area contributed by atoms with Crippen LogP contribution in [0.15, 0.2) is 18.2 Å². The van der Waals surface area contributed by atoms with Gasteiger partial charge in [-0.2, -0.15) is 0 Å². The summed E-state index contributed by atoms with van der Waals surface area (Å²) in [4.78, 5) is 27.1. The van der Waals surface area contributed by atoms with Gasteiger partial charge in [-0.15, -0.1) is 0 Å². The number of nitrogens with one attached hydrogen (secondary N) is 1. The lowest BCUT2D eigenvalue weighted by molar-refractivity contribution is -0.134. The van der Waals surface area contributed by atoms with Gasteiger partial charge in [0, 0.05) is 38.8 Å². The zero-order chi connectivity index (χ0) is 16.8. The van der Waals surface area contributed by atoms with Crippen molar-refractivity contribution in [3.05, 3.63) is 29.0 Å². The predicted molar refractivity (Wildman–Crippen MR) is 84.1 cm³/mol. The van der Waals surface area contributed by atoms with Crippen LogP contribution in [-0.2, 0) is 4.79 Å². The molecule has 0 unspecified atom stereocenters. The van der Waals surface area contributed by atoms with Crippen LogP contribution in [-0.4, -0.2) is 61.1 Å². The van der Waals surface area contributed by atoms with Crippen LogP contribution in [0.5, 0.6) is 5.75 Å². The quantitative estimate of drug-likeness (QED) is 0.905. The zero-order valence-corrected chi connectivity index (χ0v) is 13.6. The van der Waals surface area contributed by atoms with E-state index in [0.29, 0.717) is 38.5 Å². The van der Waals surface area contributed by atoms with Crippen LogP contribution in [0.4, 0.5) is 9.18 Å². The molecule has 0 radical (unpaired) electrons. The Morgan fingerprint density at radius 2 is 1.91 bits per heavy atom. The molecule has 1 aliphatic rings. The summed E-state index contributed by atoms with van der Waals surface area (Å²) in [6.45, 7) is 4.18. The Morgan fingerprint density at radius 1 is 1.26 bits per heavy atom. The highest BCUT2D eigenvalue weighted by Gasteiger charge is 2.23. The Morgan fingerprint density at radius 3 is 2.52 bits per heavy atom. The number of halogens is 2. The largest absolute Gasteiger partial charge is 0.484 e. The number of rotatable bonds is 4. The van der Waals surface area contributed by atoms with Crippen LogP contribution >= 0.6 is 11.6 Å². The molecule has 1 fully saturated rings. The maximum atomic E-state index is 13.0. The third-order valence-electron chi connectivity index (χ3n) is 3.50. The number of urea groups is 1. The normalized spacial score (nSPS) is 14.6. The molecule has 8 heteroatoms. The van der Waals surface area contributed by atoms with Gasteiger partial charge in [-0.25, -0.2) is 9.18 Å². The summed E-state index contributed by atoms with van der Waals surface area (Å²) in [7, 11) is 0. The number of hydrogen-bond acceptors (Lipinski definition) is 3. The molecule has 0 spiro atoms. The highest BCUT2D eigenvalue weighted by Crippen LogP contribution is 2.21. The lowest BCUT2D eigenvalue weighted by atomic mass is 10.3. The van der Waals surface area contributed by atoms with E-state index in [1.165, 1.54) is 18.2 Å². The Kier molecular flexibility index (Phi) is 6.04. The summed E-state index contributed by atoms with van der Waals surface area (Å²) < 4.78 is 18.4. The van der Waals surface area contributed by atoms with Crippen molar-refractivity contribution in [1.29, 1.82) is 0 Å². The van der Waals surface area contributed by atoms with Crippen LogP contribution in [0.25, 0.3) is 0 Å². The van der Waals surface area contributed by atoms with Gasteiger partial charge in [-0.1, -0.05) is 11.6 Å². The number of carbonyl (C=O) groups is 2. The Hall–Kier alpha value is -2.02. The third-order valence-corrected chi connectivity index (χ3v) is 3.79. The lowest BCUT2D eigenvalue weighted by Crippen LogP contribution is -2.53. The van der Waals surface area contributed by atoms with Crippen molar-refractivity contribution in [1.82, 2.24) is 15.1 Å². The summed E-state index contributed by atoms with van der Waals surface area (Å²) >= 11 is 5.66. The summed E-state index contributed by atoms with van der Waals surface area (Å²) in [6, 6.07) is 3.82. The SMILES string of the molecule is CCNC(=O)N1CCN(C(=O)COc2ccc(F)c(Cl)c2)CC1. The average Bonchev–Trinajstić information content (AvgIpc) is 2.56. The Bertz CT molecular complexity index is 577. The molecule has 0 saturated carbocycles. The van der Waals surface area contributed by atoms with E-state index in [0.717, 1.165) is 0 Å². The monoisotopic (exact) mass is 343 g/mol. The molecule has 3 amide bonds. The van der Waals surface area contributed by atoms with Crippen molar-refractivity contribution >= 4 is 23.5 Å². The Balaban J connectivity index is 1.79. The molecule has 1 aromatic carbocycles. The molecule has 2 rings (SSSR count). The molecular formula is C15H19ClFN3O3. The van der Waals surface area contributed by atoms with Crippen LogP contribution in [0.1, 0.15) is 6.92 Å². The molecule has 0 aromatic heterocycles. The van der Waals surface area contributed by atoms with Crippen molar-refractivity contribution in [2.45, 2.75) is 6.92 Å². The van der Waals surface area contributed by atoms with Crippen LogP contribution < -0.4 is 10.1 Å². The first-order valence-electron chi connectivity index (χ1n) is 7.39. The molecule has 6 nitrogen and oxygen atoms in total. The zero-order valence-electron chi connectivity index (χ0n) is 12.8. The molecule has 23 heavy (non-hydrogen) atoms. The van der Waals surface area contributed by atoms with E-state index in [1.807, 2.05) is 6.92 Å². The second-order valence-electron chi connectivity index (χ2n) is 5.07. The van der Waals surface area contributed by atoms with Gasteiger partial charge in [0.1, 0.15) is 11.6 Å². The second kappa shape index (κ2) is 8.01. The first-order valence-corrected chi connectivity index (χ1v) is 7.77. The van der Waals surface area contributed by atoms with Crippen LogP contribution in [0.2, 0.25) is 5.02 Å². The molecule has 1 saturated heterocycles. The smallest absolute Gasteiger partial charge is 0.317 e. The van der Waals surface area contributed by atoms with Gasteiger partial charge in [0.15, 0.2) is 6.61 Å². The molecular weight excluding hydrogens is 325 g/mol. The first-order chi connectivity index (χ1) is 11.0. The summed E-state index contributed by atoms with van der Waals surface area (Å²) in [5, 5.41) is 2.68. The van der Waals surface area contributed by atoms with Crippen molar-refractivity contribution in [2.75, 3.05) is 39.3 Å². The van der Waals surface area contributed by atoms with Gasteiger partial charge in [-0.05, 0) is 19.1 Å². The predicted octanol–water partition coefficient (Wildman–Crippen LogP) is 1.73. The Labute approximate surface area is 139 Å². The minimum absolute atomic E-state index is 0.0505. The van der Waals surface area contributed by atoms with Gasteiger partial charge in [-0.3, -0.25) is 4.79 Å². The maximum Gasteiger partial charge on any atom is 0.317 e. The summed E-state index contributed by atoms with van der Waals surface area (Å²) in [5.41, 5.74) is 0. The van der Waals surface area contributed by atoms with E-state index in [-0.39, 0.29) is 23.6 Å². The standard InChI is InChI=1S/C15H19ClFN3O3/c1-2-18-15(22)20-7-5-19(6-8-20)14(21)10-23-11-3-4-13(17)12(16)9-11/h3-4,9H,2,5-8,10H2,1H3,(H,18,22). The number of carbonyl (C=O) groups excluding carboxylic acids is 2. The molecule has 0 atom stereocenters. The topological polar surface area (TPSA) is 61.9 Å². The molecule has 0 bridgehead atoms. The van der Waals surface area contributed by atoms with Gasteiger partial charge < -0.3 is 19.9 Å². The number of ether oxygens (including phenoxy) is 1. The van der Waals surface area contributed by atoms with E-state index in [1.54, 1.807) is 9.80 Å². The second-order valence-corrected chi connectivity index (χ2v) is 5.48. The van der Waals surface area contributed by atoms with E-state index < -0.39 is 5.82 Å². The van der Waals surface area contributed by atoms with E-state index in [2.05, 4.69) is 5.32 Å². The van der Waals surface area contributed by atoms with Crippen molar-refractivity contribution in [3.8, 4) is 5.75 Å². The van der Waals surface area contributed by atoms with Gasteiger partial charge in [0.05, 0.1) is 5.02 Å². The summed E-state index contributed by atoms with van der Waals surface area (Å²) in [6.07, 6.45) is 0. The summed E-state index contributed by atoms with van der Waals surface area (Å²) in [5.74, 6) is -0.376. The molecule has 1 aromatic rings. The molecule has 1 heterocycles. The number of amides is 3. The fourth-order valence-electron chi connectivity index (χ4n) is 2.22. The maximum absolute atomic E-state index is 13.0. The molecule has 0 aliphatic carbocycles. The highest BCUT2D eigenvalue weighted by atomic mass is 35.5. The minimum atomic E-state index is -0.535. The van der Waals surface area contributed by atoms with Gasteiger partial charge >= 0.3 is 6.03 Å². The first kappa shape index (κ1) is 17.3. The van der Waals surface area contributed by atoms with E-state index in [4.69, 9.17) is 16.3 Å². The van der Waals surface area contributed by atoms with E-state index in [9.17, 15) is 14.0 Å². The number of benzene rings is 1. The number of piperazine rings is 1.